The highest BCUT2D eigenvalue weighted by Gasteiger charge is 2.18. The number of fused-ring (bicyclic) bond motifs is 1. The van der Waals surface area contributed by atoms with E-state index < -0.39 is 22.8 Å². The van der Waals surface area contributed by atoms with Gasteiger partial charge in [-0.15, -0.1) is 11.6 Å². The van der Waals surface area contributed by atoms with Gasteiger partial charge in [-0.2, -0.15) is 0 Å². The van der Waals surface area contributed by atoms with E-state index >= 15 is 0 Å². The molecule has 6 heteroatoms. The molecule has 0 aliphatic heterocycles. The van der Waals surface area contributed by atoms with E-state index in [1.54, 1.807) is 18.2 Å². The van der Waals surface area contributed by atoms with Crippen molar-refractivity contribution >= 4 is 22.7 Å². The van der Waals surface area contributed by atoms with E-state index in [0.717, 1.165) is 12.1 Å². The fraction of sp³-hybridized carbons (Fsp3) is 0.133. The predicted octanol–water partition coefficient (Wildman–Crippen LogP) is 4.77. The molecule has 0 amide bonds. The zero-order valence-electron chi connectivity index (χ0n) is 10.6. The van der Waals surface area contributed by atoms with Gasteiger partial charge >= 0.3 is 0 Å². The molecule has 0 spiro atoms. The van der Waals surface area contributed by atoms with Crippen LogP contribution in [0.3, 0.4) is 0 Å². The van der Waals surface area contributed by atoms with E-state index in [1.165, 1.54) is 0 Å². The standard InChI is InChI=1S/C15H9ClF3NO/c16-9(8-5-10(17)15(19)11(18)6-8)7-14-20-12-3-1-2-4-13(12)21-14/h1-6,9H,7H2. The van der Waals surface area contributed by atoms with Crippen molar-refractivity contribution in [2.24, 2.45) is 0 Å². The van der Waals surface area contributed by atoms with Gasteiger partial charge in [0.25, 0.3) is 0 Å². The first-order chi connectivity index (χ1) is 10.0. The van der Waals surface area contributed by atoms with Crippen LogP contribution < -0.4 is 0 Å². The lowest BCUT2D eigenvalue weighted by atomic mass is 10.1. The van der Waals surface area contributed by atoms with Gasteiger partial charge < -0.3 is 4.42 Å². The molecule has 1 heterocycles. The average molecular weight is 312 g/mol. The molecule has 108 valence electrons. The molecular weight excluding hydrogens is 303 g/mol. The molecule has 0 saturated carbocycles. The summed E-state index contributed by atoms with van der Waals surface area (Å²) in [7, 11) is 0. The van der Waals surface area contributed by atoms with Gasteiger partial charge in [0.2, 0.25) is 0 Å². The third-order valence-corrected chi connectivity index (χ3v) is 3.47. The minimum Gasteiger partial charge on any atom is -0.441 e. The van der Waals surface area contributed by atoms with E-state index in [0.29, 0.717) is 17.0 Å². The average Bonchev–Trinajstić information content (AvgIpc) is 2.86. The molecule has 0 bridgehead atoms. The van der Waals surface area contributed by atoms with Crippen LogP contribution in [-0.2, 0) is 6.42 Å². The molecule has 3 rings (SSSR count). The fourth-order valence-electron chi connectivity index (χ4n) is 2.03. The third-order valence-electron chi connectivity index (χ3n) is 3.06. The highest BCUT2D eigenvalue weighted by atomic mass is 35.5. The molecule has 0 N–H and O–H groups in total. The Morgan fingerprint density at radius 2 is 1.76 bits per heavy atom. The second-order valence-corrected chi connectivity index (χ2v) is 5.07. The Balaban J connectivity index is 1.87. The van der Waals surface area contributed by atoms with Crippen molar-refractivity contribution in [3.63, 3.8) is 0 Å². The van der Waals surface area contributed by atoms with Crippen molar-refractivity contribution in [1.82, 2.24) is 4.98 Å². The van der Waals surface area contributed by atoms with E-state index in [1.807, 2.05) is 6.07 Å². The number of rotatable bonds is 3. The topological polar surface area (TPSA) is 26.0 Å². The first kappa shape index (κ1) is 13.9. The number of oxazole rings is 1. The number of nitrogens with zero attached hydrogens (tertiary/aromatic N) is 1. The number of para-hydroxylation sites is 2. The van der Waals surface area contributed by atoms with Gasteiger partial charge in [0.05, 0.1) is 5.38 Å². The summed E-state index contributed by atoms with van der Waals surface area (Å²) in [6.45, 7) is 0. The second-order valence-electron chi connectivity index (χ2n) is 4.55. The maximum absolute atomic E-state index is 13.2. The Morgan fingerprint density at radius 1 is 1.10 bits per heavy atom. The number of hydrogen-bond acceptors (Lipinski definition) is 2. The molecule has 0 radical (unpaired) electrons. The number of alkyl halides is 1. The van der Waals surface area contributed by atoms with Crippen LogP contribution in [0.15, 0.2) is 40.8 Å². The molecular formula is C15H9ClF3NO. The van der Waals surface area contributed by atoms with Crippen molar-refractivity contribution in [2.75, 3.05) is 0 Å². The van der Waals surface area contributed by atoms with Crippen LogP contribution >= 0.6 is 11.6 Å². The van der Waals surface area contributed by atoms with E-state index in [-0.39, 0.29) is 12.0 Å². The summed E-state index contributed by atoms with van der Waals surface area (Å²) in [4.78, 5) is 4.23. The zero-order valence-corrected chi connectivity index (χ0v) is 11.4. The zero-order chi connectivity index (χ0) is 15.0. The van der Waals surface area contributed by atoms with Crippen LogP contribution in [0.2, 0.25) is 0 Å². The number of aromatic nitrogens is 1. The lowest BCUT2D eigenvalue weighted by Crippen LogP contribution is -2.00. The van der Waals surface area contributed by atoms with Crippen LogP contribution in [0.5, 0.6) is 0 Å². The molecule has 2 nitrogen and oxygen atoms in total. The van der Waals surface area contributed by atoms with E-state index in [9.17, 15) is 13.2 Å². The summed E-state index contributed by atoms with van der Waals surface area (Å²) in [5.74, 6) is -3.70. The smallest absolute Gasteiger partial charge is 0.197 e. The first-order valence-electron chi connectivity index (χ1n) is 6.17. The molecule has 2 aromatic carbocycles. The van der Waals surface area contributed by atoms with Gasteiger partial charge in [-0.05, 0) is 29.8 Å². The normalized spacial score (nSPS) is 12.8. The Labute approximate surface area is 123 Å². The molecule has 21 heavy (non-hydrogen) atoms. The monoisotopic (exact) mass is 311 g/mol. The van der Waals surface area contributed by atoms with Gasteiger partial charge in [-0.25, -0.2) is 18.2 Å². The predicted molar refractivity (Wildman–Crippen MR) is 72.6 cm³/mol. The van der Waals surface area contributed by atoms with Gasteiger partial charge in [0, 0.05) is 6.42 Å². The molecule has 3 aromatic rings. The maximum Gasteiger partial charge on any atom is 0.197 e. The van der Waals surface area contributed by atoms with Crippen LogP contribution in [0.25, 0.3) is 11.1 Å². The molecule has 0 saturated heterocycles. The number of halogens is 4. The summed E-state index contributed by atoms with van der Waals surface area (Å²) in [5, 5.41) is -0.775. The molecule has 0 aliphatic carbocycles. The van der Waals surface area contributed by atoms with Crippen molar-refractivity contribution in [2.45, 2.75) is 11.8 Å². The lowest BCUT2D eigenvalue weighted by molar-refractivity contribution is 0.444. The highest BCUT2D eigenvalue weighted by molar-refractivity contribution is 6.20. The minimum absolute atomic E-state index is 0.135. The van der Waals surface area contributed by atoms with E-state index in [2.05, 4.69) is 4.98 Å². The number of hydrogen-bond donors (Lipinski definition) is 0. The SMILES string of the molecule is Fc1cc(C(Cl)Cc2nc3ccccc3o2)cc(F)c1F. The van der Waals surface area contributed by atoms with Gasteiger partial charge in [-0.1, -0.05) is 12.1 Å². The quantitative estimate of drug-likeness (QED) is 0.514. The summed E-state index contributed by atoms with van der Waals surface area (Å²) >= 11 is 6.11. The minimum atomic E-state index is -1.51. The molecule has 0 aliphatic rings. The van der Waals surface area contributed by atoms with Crippen LogP contribution in [0.4, 0.5) is 13.2 Å². The third kappa shape index (κ3) is 2.74. The Hall–Kier alpha value is -2.01. The van der Waals surface area contributed by atoms with Gasteiger partial charge in [0.15, 0.2) is 28.9 Å². The fourth-order valence-corrected chi connectivity index (χ4v) is 2.29. The summed E-state index contributed by atoms with van der Waals surface area (Å²) in [6, 6.07) is 8.91. The van der Waals surface area contributed by atoms with Crippen LogP contribution in [0, 0.1) is 17.5 Å². The summed E-state index contributed by atoms with van der Waals surface area (Å²) in [5.41, 5.74) is 1.41. The lowest BCUT2D eigenvalue weighted by Gasteiger charge is -2.08. The molecule has 0 fully saturated rings. The van der Waals surface area contributed by atoms with Crippen molar-refractivity contribution < 1.29 is 17.6 Å². The molecule has 1 aromatic heterocycles. The highest BCUT2D eigenvalue weighted by Crippen LogP contribution is 2.28. The maximum atomic E-state index is 13.2. The first-order valence-corrected chi connectivity index (χ1v) is 6.61. The van der Waals surface area contributed by atoms with Gasteiger partial charge in [0.1, 0.15) is 5.52 Å². The number of benzene rings is 2. The second kappa shape index (κ2) is 5.41. The van der Waals surface area contributed by atoms with Crippen molar-refractivity contribution in [1.29, 1.82) is 0 Å². The Bertz CT molecular complexity index is 746. The van der Waals surface area contributed by atoms with Crippen molar-refractivity contribution in [3.05, 3.63) is 65.3 Å². The Kier molecular flexibility index (Phi) is 3.59. The van der Waals surface area contributed by atoms with Crippen molar-refractivity contribution in [3.8, 4) is 0 Å². The molecule has 1 unspecified atom stereocenters. The van der Waals surface area contributed by atoms with Crippen LogP contribution in [-0.4, -0.2) is 4.98 Å². The van der Waals surface area contributed by atoms with E-state index in [4.69, 9.17) is 16.0 Å². The van der Waals surface area contributed by atoms with Gasteiger partial charge in [-0.3, -0.25) is 0 Å². The largest absolute Gasteiger partial charge is 0.441 e. The summed E-state index contributed by atoms with van der Waals surface area (Å²) in [6.07, 6.45) is 0.140. The molecule has 1 atom stereocenters. The Morgan fingerprint density at radius 3 is 2.43 bits per heavy atom. The summed E-state index contributed by atoms with van der Waals surface area (Å²) < 4.78 is 44.8. The van der Waals surface area contributed by atoms with Crippen LogP contribution in [0.1, 0.15) is 16.8 Å².